The summed E-state index contributed by atoms with van der Waals surface area (Å²) in [5, 5.41) is 0. The van der Waals surface area contributed by atoms with Gasteiger partial charge in [0.2, 0.25) is 0 Å². The lowest BCUT2D eigenvalue weighted by Crippen LogP contribution is -2.14. The molecular weight excluding hydrogens is 310 g/mol. The molecule has 0 unspecified atom stereocenters. The number of aromatic amines is 1. The highest BCUT2D eigenvalue weighted by Crippen LogP contribution is 2.22. The van der Waals surface area contributed by atoms with Crippen molar-refractivity contribution >= 4 is 15.7 Å². The molecule has 2 N–H and O–H groups in total. The van der Waals surface area contributed by atoms with Gasteiger partial charge >= 0.3 is 0 Å². The minimum absolute atomic E-state index is 0.283. The van der Waals surface area contributed by atoms with Crippen LogP contribution in [0.3, 0.4) is 0 Å². The van der Waals surface area contributed by atoms with Gasteiger partial charge in [-0.1, -0.05) is 18.2 Å². The van der Waals surface area contributed by atoms with Crippen LogP contribution in [0, 0.1) is 13.8 Å². The molecule has 0 spiro atoms. The summed E-state index contributed by atoms with van der Waals surface area (Å²) in [5.74, 6) is 0.760. The maximum absolute atomic E-state index is 12.5. The molecule has 0 radical (unpaired) electrons. The first-order chi connectivity index (χ1) is 11.0. The van der Waals surface area contributed by atoms with Gasteiger partial charge in [-0.15, -0.1) is 0 Å². The first-order valence-electron chi connectivity index (χ1n) is 7.16. The Morgan fingerprint density at radius 1 is 1.00 bits per heavy atom. The number of aromatic nitrogens is 2. The lowest BCUT2D eigenvalue weighted by Gasteiger charge is -2.10. The van der Waals surface area contributed by atoms with Gasteiger partial charge in [0.05, 0.1) is 4.90 Å². The Balaban J connectivity index is 1.85. The summed E-state index contributed by atoms with van der Waals surface area (Å²) in [6.07, 6.45) is 1.75. The molecule has 1 aromatic heterocycles. The van der Waals surface area contributed by atoms with Crippen LogP contribution in [0.15, 0.2) is 59.6 Å². The molecule has 3 aromatic rings. The van der Waals surface area contributed by atoms with E-state index in [2.05, 4.69) is 14.7 Å². The molecule has 1 heterocycles. The molecular formula is C17H17N3O2S. The monoisotopic (exact) mass is 327 g/mol. The summed E-state index contributed by atoms with van der Waals surface area (Å²) in [7, 11) is -3.59. The fourth-order valence-electron chi connectivity index (χ4n) is 2.32. The molecule has 5 nitrogen and oxygen atoms in total. The highest BCUT2D eigenvalue weighted by atomic mass is 32.2. The SMILES string of the molecule is Cc1cnc(-c2ccc(NS(=O)(=O)c3ccccc3C)cc2)[nH]1. The second-order valence-corrected chi connectivity index (χ2v) is 7.01. The van der Waals surface area contributed by atoms with Crippen molar-refractivity contribution in [1.29, 1.82) is 0 Å². The van der Waals surface area contributed by atoms with E-state index in [1.54, 1.807) is 43.5 Å². The predicted molar refractivity (Wildman–Crippen MR) is 90.7 cm³/mol. The zero-order valence-corrected chi connectivity index (χ0v) is 13.7. The van der Waals surface area contributed by atoms with Crippen molar-refractivity contribution in [3.8, 4) is 11.4 Å². The van der Waals surface area contributed by atoms with E-state index in [1.807, 2.05) is 25.1 Å². The highest BCUT2D eigenvalue weighted by Gasteiger charge is 2.16. The van der Waals surface area contributed by atoms with Gasteiger partial charge in [0.15, 0.2) is 0 Å². The Labute approximate surface area is 135 Å². The van der Waals surface area contributed by atoms with E-state index < -0.39 is 10.0 Å². The van der Waals surface area contributed by atoms with Crippen molar-refractivity contribution in [3.05, 3.63) is 66.0 Å². The van der Waals surface area contributed by atoms with E-state index in [0.29, 0.717) is 11.3 Å². The van der Waals surface area contributed by atoms with Crippen molar-refractivity contribution in [2.75, 3.05) is 4.72 Å². The van der Waals surface area contributed by atoms with Crippen LogP contribution in [0.5, 0.6) is 0 Å². The lowest BCUT2D eigenvalue weighted by molar-refractivity contribution is 0.600. The molecule has 0 saturated carbocycles. The largest absolute Gasteiger partial charge is 0.342 e. The van der Waals surface area contributed by atoms with Gasteiger partial charge in [-0.2, -0.15) is 0 Å². The molecule has 0 bridgehead atoms. The minimum Gasteiger partial charge on any atom is -0.342 e. The van der Waals surface area contributed by atoms with Crippen LogP contribution in [0.1, 0.15) is 11.3 Å². The van der Waals surface area contributed by atoms with E-state index in [9.17, 15) is 8.42 Å². The first kappa shape index (κ1) is 15.3. The number of nitrogens with one attached hydrogen (secondary N) is 2. The van der Waals surface area contributed by atoms with Crippen molar-refractivity contribution in [3.63, 3.8) is 0 Å². The predicted octanol–water partition coefficient (Wildman–Crippen LogP) is 3.49. The van der Waals surface area contributed by atoms with Crippen LogP contribution in [-0.4, -0.2) is 18.4 Å². The smallest absolute Gasteiger partial charge is 0.262 e. The van der Waals surface area contributed by atoms with Crippen molar-refractivity contribution < 1.29 is 8.42 Å². The molecule has 0 fully saturated rings. The van der Waals surface area contributed by atoms with Gasteiger partial charge in [0, 0.05) is 23.1 Å². The molecule has 23 heavy (non-hydrogen) atoms. The van der Waals surface area contributed by atoms with E-state index in [-0.39, 0.29) is 4.90 Å². The van der Waals surface area contributed by atoms with Crippen molar-refractivity contribution in [1.82, 2.24) is 9.97 Å². The maximum atomic E-state index is 12.5. The topological polar surface area (TPSA) is 74.8 Å². The van der Waals surface area contributed by atoms with E-state index in [0.717, 1.165) is 17.1 Å². The molecule has 2 aromatic carbocycles. The zero-order chi connectivity index (χ0) is 16.4. The highest BCUT2D eigenvalue weighted by molar-refractivity contribution is 7.92. The van der Waals surface area contributed by atoms with Crippen LogP contribution < -0.4 is 4.72 Å². The minimum atomic E-state index is -3.59. The number of aryl methyl sites for hydroxylation is 2. The number of hydrogen-bond donors (Lipinski definition) is 2. The molecule has 0 aliphatic heterocycles. The molecule has 6 heteroatoms. The van der Waals surface area contributed by atoms with E-state index in [4.69, 9.17) is 0 Å². The van der Waals surface area contributed by atoms with Crippen LogP contribution in [0.2, 0.25) is 0 Å². The molecule has 0 saturated heterocycles. The zero-order valence-electron chi connectivity index (χ0n) is 12.9. The summed E-state index contributed by atoms with van der Waals surface area (Å²) in [6, 6.07) is 14.0. The quantitative estimate of drug-likeness (QED) is 0.770. The summed E-state index contributed by atoms with van der Waals surface area (Å²) in [5.41, 5.74) is 3.10. The third-order valence-corrected chi connectivity index (χ3v) is 5.04. The first-order valence-corrected chi connectivity index (χ1v) is 8.64. The fraction of sp³-hybridized carbons (Fsp3) is 0.118. The molecule has 0 atom stereocenters. The number of imidazole rings is 1. The Kier molecular flexibility index (Phi) is 3.92. The van der Waals surface area contributed by atoms with E-state index in [1.165, 1.54) is 0 Å². The lowest BCUT2D eigenvalue weighted by atomic mass is 10.2. The second-order valence-electron chi connectivity index (χ2n) is 5.36. The van der Waals surface area contributed by atoms with Gasteiger partial charge in [-0.05, 0) is 49.7 Å². The summed E-state index contributed by atoms with van der Waals surface area (Å²) in [4.78, 5) is 7.68. The number of benzene rings is 2. The third kappa shape index (κ3) is 3.27. The van der Waals surface area contributed by atoms with Crippen LogP contribution in [0.4, 0.5) is 5.69 Å². The Morgan fingerprint density at radius 2 is 1.70 bits per heavy atom. The van der Waals surface area contributed by atoms with Gasteiger partial charge < -0.3 is 4.98 Å². The summed E-state index contributed by atoms with van der Waals surface area (Å²) in [6.45, 7) is 3.71. The van der Waals surface area contributed by atoms with Gasteiger partial charge in [-0.3, -0.25) is 4.72 Å². The molecule has 118 valence electrons. The molecule has 0 aliphatic carbocycles. The Morgan fingerprint density at radius 3 is 2.30 bits per heavy atom. The Hall–Kier alpha value is -2.60. The van der Waals surface area contributed by atoms with Crippen LogP contribution >= 0.6 is 0 Å². The van der Waals surface area contributed by atoms with Crippen molar-refractivity contribution in [2.45, 2.75) is 18.7 Å². The van der Waals surface area contributed by atoms with Crippen molar-refractivity contribution in [2.24, 2.45) is 0 Å². The number of rotatable bonds is 4. The summed E-state index contributed by atoms with van der Waals surface area (Å²) >= 11 is 0. The van der Waals surface area contributed by atoms with Crippen LogP contribution in [-0.2, 0) is 10.0 Å². The number of H-pyrrole nitrogens is 1. The number of sulfonamides is 1. The third-order valence-electron chi connectivity index (χ3n) is 3.50. The average Bonchev–Trinajstić information content (AvgIpc) is 2.94. The standard InChI is InChI=1S/C17H17N3O2S/c1-12-5-3-4-6-16(12)23(21,22)20-15-9-7-14(8-10-15)17-18-11-13(2)19-17/h3-11,20H,1-2H3,(H,18,19). The fourth-order valence-corrected chi connectivity index (χ4v) is 3.63. The van der Waals surface area contributed by atoms with Crippen LogP contribution in [0.25, 0.3) is 11.4 Å². The number of hydrogen-bond acceptors (Lipinski definition) is 3. The second kappa shape index (κ2) is 5.89. The van der Waals surface area contributed by atoms with Gasteiger partial charge in [0.25, 0.3) is 10.0 Å². The Bertz CT molecular complexity index is 928. The molecule has 0 amide bonds. The van der Waals surface area contributed by atoms with Gasteiger partial charge in [0.1, 0.15) is 5.82 Å². The summed E-state index contributed by atoms with van der Waals surface area (Å²) < 4.78 is 27.5. The average molecular weight is 327 g/mol. The van der Waals surface area contributed by atoms with E-state index >= 15 is 0 Å². The molecule has 0 aliphatic rings. The van der Waals surface area contributed by atoms with Gasteiger partial charge in [-0.25, -0.2) is 13.4 Å². The normalized spacial score (nSPS) is 11.4. The number of nitrogens with zero attached hydrogens (tertiary/aromatic N) is 1. The molecule has 3 rings (SSSR count). The number of anilines is 1. The maximum Gasteiger partial charge on any atom is 0.262 e.